The lowest BCUT2D eigenvalue weighted by Crippen LogP contribution is -2.32. The third-order valence-electron chi connectivity index (χ3n) is 3.10. The van der Waals surface area contributed by atoms with Crippen LogP contribution in [0, 0.1) is 0 Å². The molecule has 0 radical (unpaired) electrons. The number of nitrogens with zero attached hydrogens (tertiary/aromatic N) is 1. The zero-order chi connectivity index (χ0) is 13.2. The molecule has 1 aliphatic rings. The Morgan fingerprint density at radius 3 is 2.89 bits per heavy atom. The van der Waals surface area contributed by atoms with Crippen LogP contribution >= 0.6 is 15.9 Å². The predicted molar refractivity (Wildman–Crippen MR) is 74.7 cm³/mol. The first-order valence-electron chi connectivity index (χ1n) is 6.01. The Morgan fingerprint density at radius 1 is 1.50 bits per heavy atom. The van der Waals surface area contributed by atoms with E-state index in [2.05, 4.69) is 15.9 Å². The van der Waals surface area contributed by atoms with E-state index < -0.39 is 5.60 Å². The van der Waals surface area contributed by atoms with Gasteiger partial charge >= 0.3 is 6.09 Å². The maximum Gasteiger partial charge on any atom is 0.415 e. The Hall–Kier alpha value is -1.07. The molecule has 1 aliphatic heterocycles. The Morgan fingerprint density at radius 2 is 2.22 bits per heavy atom. The van der Waals surface area contributed by atoms with Gasteiger partial charge in [-0.05, 0) is 54.4 Å². The molecule has 0 bridgehead atoms. The van der Waals surface area contributed by atoms with Crippen molar-refractivity contribution in [3.8, 4) is 0 Å². The third-order valence-corrected chi connectivity index (χ3v) is 3.77. The van der Waals surface area contributed by atoms with E-state index in [1.807, 2.05) is 31.2 Å². The molecular weight excluding hydrogens is 296 g/mol. The molecule has 98 valence electrons. The lowest BCUT2D eigenvalue weighted by Gasteiger charge is -2.21. The molecule has 1 unspecified atom stereocenters. The van der Waals surface area contributed by atoms with Crippen LogP contribution < -0.4 is 10.6 Å². The highest BCUT2D eigenvalue weighted by Gasteiger charge is 2.41. The van der Waals surface area contributed by atoms with Gasteiger partial charge in [0.15, 0.2) is 0 Å². The molecule has 5 heteroatoms. The van der Waals surface area contributed by atoms with Crippen molar-refractivity contribution >= 4 is 27.7 Å². The quantitative estimate of drug-likeness (QED) is 0.930. The smallest absolute Gasteiger partial charge is 0.415 e. The summed E-state index contributed by atoms with van der Waals surface area (Å²) in [6.07, 6.45) is 1.35. The monoisotopic (exact) mass is 312 g/mol. The van der Waals surface area contributed by atoms with Gasteiger partial charge < -0.3 is 10.5 Å². The molecule has 1 aromatic carbocycles. The maximum atomic E-state index is 12.0. The van der Waals surface area contributed by atoms with Crippen LogP contribution in [0.1, 0.15) is 19.8 Å². The van der Waals surface area contributed by atoms with E-state index in [4.69, 9.17) is 10.5 Å². The molecular formula is C13H17BrN2O2. The summed E-state index contributed by atoms with van der Waals surface area (Å²) in [6, 6.07) is 7.64. The molecule has 1 fully saturated rings. The van der Waals surface area contributed by atoms with Crippen molar-refractivity contribution in [3.63, 3.8) is 0 Å². The SMILES string of the molecule is CC1(CCCN)CN(c2ccccc2Br)C(=O)O1. The van der Waals surface area contributed by atoms with Gasteiger partial charge in [-0.15, -0.1) is 0 Å². The van der Waals surface area contributed by atoms with E-state index in [0.29, 0.717) is 13.1 Å². The lowest BCUT2D eigenvalue weighted by molar-refractivity contribution is 0.0640. The largest absolute Gasteiger partial charge is 0.441 e. The number of cyclic esters (lactones) is 1. The number of ether oxygens (including phenoxy) is 1. The van der Waals surface area contributed by atoms with Crippen LogP contribution in [0.15, 0.2) is 28.7 Å². The van der Waals surface area contributed by atoms with Crippen molar-refractivity contribution in [3.05, 3.63) is 28.7 Å². The number of carbonyl (C=O) groups is 1. The van der Waals surface area contributed by atoms with Crippen LogP contribution in [0.3, 0.4) is 0 Å². The third kappa shape index (κ3) is 2.67. The van der Waals surface area contributed by atoms with Crippen molar-refractivity contribution in [2.24, 2.45) is 5.73 Å². The summed E-state index contributed by atoms with van der Waals surface area (Å²) >= 11 is 3.45. The van der Waals surface area contributed by atoms with E-state index in [9.17, 15) is 4.79 Å². The highest BCUT2D eigenvalue weighted by atomic mass is 79.9. The summed E-state index contributed by atoms with van der Waals surface area (Å²) in [5.74, 6) is 0. The highest BCUT2D eigenvalue weighted by molar-refractivity contribution is 9.10. The first-order valence-corrected chi connectivity index (χ1v) is 6.80. The fraction of sp³-hybridized carbons (Fsp3) is 0.462. The minimum absolute atomic E-state index is 0.290. The number of halogens is 1. The van der Waals surface area contributed by atoms with Gasteiger partial charge in [-0.25, -0.2) is 4.79 Å². The molecule has 0 saturated carbocycles. The standard InChI is InChI=1S/C13H17BrN2O2/c1-13(7-4-8-15)9-16(12(17)18-13)11-6-3-2-5-10(11)14/h2-3,5-6H,4,7-9,15H2,1H3. The van der Waals surface area contributed by atoms with Gasteiger partial charge in [0.05, 0.1) is 12.2 Å². The summed E-state index contributed by atoms with van der Waals surface area (Å²) in [6.45, 7) is 3.13. The van der Waals surface area contributed by atoms with E-state index in [1.165, 1.54) is 0 Å². The molecule has 0 aliphatic carbocycles. The van der Waals surface area contributed by atoms with Gasteiger partial charge in [0.2, 0.25) is 0 Å². The molecule has 0 aromatic heterocycles. The number of rotatable bonds is 4. The van der Waals surface area contributed by atoms with Crippen LogP contribution in [0.25, 0.3) is 0 Å². The fourth-order valence-electron chi connectivity index (χ4n) is 2.16. The van der Waals surface area contributed by atoms with Crippen LogP contribution in [0.2, 0.25) is 0 Å². The average molecular weight is 313 g/mol. The Labute approximate surface area is 115 Å². The molecule has 1 saturated heterocycles. The van der Waals surface area contributed by atoms with E-state index in [-0.39, 0.29) is 6.09 Å². The number of hydrogen-bond acceptors (Lipinski definition) is 3. The fourth-order valence-corrected chi connectivity index (χ4v) is 2.66. The molecule has 18 heavy (non-hydrogen) atoms. The Kier molecular flexibility index (Phi) is 3.92. The summed E-state index contributed by atoms with van der Waals surface area (Å²) in [5.41, 5.74) is 5.92. The number of amides is 1. The number of nitrogens with two attached hydrogens (primary N) is 1. The predicted octanol–water partition coefficient (Wildman–Crippen LogP) is 2.90. The normalized spacial score (nSPS) is 23.3. The number of para-hydroxylation sites is 1. The molecule has 1 heterocycles. The number of anilines is 1. The zero-order valence-corrected chi connectivity index (χ0v) is 11.9. The van der Waals surface area contributed by atoms with Gasteiger partial charge in [0.25, 0.3) is 0 Å². The van der Waals surface area contributed by atoms with Crippen molar-refractivity contribution in [2.75, 3.05) is 18.0 Å². The summed E-state index contributed by atoms with van der Waals surface area (Å²) in [4.78, 5) is 13.6. The van der Waals surface area contributed by atoms with Crippen molar-refractivity contribution in [1.29, 1.82) is 0 Å². The molecule has 0 spiro atoms. The summed E-state index contributed by atoms with van der Waals surface area (Å²) in [5, 5.41) is 0. The van der Waals surface area contributed by atoms with Gasteiger partial charge in [0.1, 0.15) is 5.60 Å². The molecule has 2 N–H and O–H groups in total. The first kappa shape index (κ1) is 13.4. The second-order valence-corrected chi connectivity index (χ2v) is 5.60. The minimum Gasteiger partial charge on any atom is -0.441 e. The van der Waals surface area contributed by atoms with Crippen molar-refractivity contribution in [1.82, 2.24) is 0 Å². The molecule has 2 rings (SSSR count). The van der Waals surface area contributed by atoms with Gasteiger partial charge in [-0.1, -0.05) is 12.1 Å². The second kappa shape index (κ2) is 5.28. The van der Waals surface area contributed by atoms with Crippen LogP contribution in [-0.4, -0.2) is 24.8 Å². The zero-order valence-electron chi connectivity index (χ0n) is 10.4. The van der Waals surface area contributed by atoms with E-state index in [1.54, 1.807) is 4.90 Å². The average Bonchev–Trinajstić information content (AvgIpc) is 2.64. The van der Waals surface area contributed by atoms with E-state index in [0.717, 1.165) is 23.0 Å². The second-order valence-electron chi connectivity index (χ2n) is 4.75. The summed E-state index contributed by atoms with van der Waals surface area (Å²) < 4.78 is 6.38. The Bertz CT molecular complexity index is 452. The highest BCUT2D eigenvalue weighted by Crippen LogP contribution is 2.34. The number of benzene rings is 1. The van der Waals surface area contributed by atoms with E-state index >= 15 is 0 Å². The van der Waals surface area contributed by atoms with Gasteiger partial charge in [0, 0.05) is 4.47 Å². The van der Waals surface area contributed by atoms with Gasteiger partial charge in [-0.3, -0.25) is 4.90 Å². The molecule has 1 atom stereocenters. The Balaban J connectivity index is 2.17. The molecule has 1 aromatic rings. The number of carbonyl (C=O) groups excluding carboxylic acids is 1. The molecule has 1 amide bonds. The van der Waals surface area contributed by atoms with Gasteiger partial charge in [-0.2, -0.15) is 0 Å². The lowest BCUT2D eigenvalue weighted by atomic mass is 10.00. The van der Waals surface area contributed by atoms with Crippen LogP contribution in [0.5, 0.6) is 0 Å². The van der Waals surface area contributed by atoms with Crippen molar-refractivity contribution in [2.45, 2.75) is 25.4 Å². The molecule has 4 nitrogen and oxygen atoms in total. The topological polar surface area (TPSA) is 55.6 Å². The maximum absolute atomic E-state index is 12.0. The van der Waals surface area contributed by atoms with Crippen LogP contribution in [-0.2, 0) is 4.74 Å². The van der Waals surface area contributed by atoms with Crippen LogP contribution in [0.4, 0.5) is 10.5 Å². The minimum atomic E-state index is -0.439. The van der Waals surface area contributed by atoms with Crippen molar-refractivity contribution < 1.29 is 9.53 Å². The number of hydrogen-bond donors (Lipinski definition) is 1. The summed E-state index contributed by atoms with van der Waals surface area (Å²) in [7, 11) is 0. The first-order chi connectivity index (χ1) is 8.56.